The molecule has 0 atom stereocenters. The van der Waals surface area contributed by atoms with Crippen LogP contribution in [0.4, 0.5) is 0 Å². The number of nitrogens with zero attached hydrogens (tertiary/aromatic N) is 1. The number of pyridine rings is 1. The van der Waals surface area contributed by atoms with E-state index >= 15 is 0 Å². The molecule has 0 saturated carbocycles. The normalized spacial score (nSPS) is 10.2. The summed E-state index contributed by atoms with van der Waals surface area (Å²) < 4.78 is 5.27. The molecule has 3 aromatic rings. The number of phenols is 1. The van der Waals surface area contributed by atoms with Gasteiger partial charge in [0.2, 0.25) is 0 Å². The molecule has 2 aromatic heterocycles. The summed E-state index contributed by atoms with van der Waals surface area (Å²) in [6.45, 7) is 1.86. The van der Waals surface area contributed by atoms with Crippen LogP contribution in [0.5, 0.6) is 5.75 Å². The fraction of sp³-hybridized carbons (Fsp3) is 0.0667. The molecule has 102 valence electrons. The fourth-order valence-corrected chi connectivity index (χ4v) is 2.19. The molecule has 0 amide bonds. The molecular weight excluding hydrogens is 278 g/mol. The van der Waals surface area contributed by atoms with E-state index in [0.29, 0.717) is 11.1 Å². The summed E-state index contributed by atoms with van der Waals surface area (Å²) in [5, 5.41) is 10.2. The van der Waals surface area contributed by atoms with Crippen LogP contribution in [-0.2, 0) is 0 Å². The molecule has 3 rings (SSSR count). The highest BCUT2D eigenvalue weighted by Gasteiger charge is 2.13. The van der Waals surface area contributed by atoms with Gasteiger partial charge in [0.15, 0.2) is 0 Å². The summed E-state index contributed by atoms with van der Waals surface area (Å²) in [5.74, 6) is 0.0733. The van der Waals surface area contributed by atoms with Crippen molar-refractivity contribution in [3.63, 3.8) is 0 Å². The zero-order valence-electron chi connectivity index (χ0n) is 10.7. The second kappa shape index (κ2) is 5.35. The molecule has 20 heavy (non-hydrogen) atoms. The van der Waals surface area contributed by atoms with Gasteiger partial charge in [-0.25, -0.2) is 4.79 Å². The maximum atomic E-state index is 12.1. The molecule has 0 aliphatic carbocycles. The Labute approximate surface area is 121 Å². The van der Waals surface area contributed by atoms with E-state index in [9.17, 15) is 9.90 Å². The fourth-order valence-electron chi connectivity index (χ4n) is 2.19. The van der Waals surface area contributed by atoms with E-state index in [4.69, 9.17) is 4.42 Å². The van der Waals surface area contributed by atoms with E-state index in [1.54, 1.807) is 30.6 Å². The van der Waals surface area contributed by atoms with Crippen LogP contribution in [0, 0.1) is 6.92 Å². The van der Waals surface area contributed by atoms with Gasteiger partial charge in [0.25, 0.3) is 0 Å². The second-order valence-electron chi connectivity index (χ2n) is 4.31. The first-order chi connectivity index (χ1) is 9.16. The monoisotopic (exact) mass is 289 g/mol. The molecule has 0 fully saturated rings. The van der Waals surface area contributed by atoms with Gasteiger partial charge in [-0.05, 0) is 30.7 Å². The third-order valence-electron chi connectivity index (χ3n) is 3.10. The van der Waals surface area contributed by atoms with Crippen LogP contribution in [0.1, 0.15) is 5.56 Å². The number of hydrogen-bond donors (Lipinski definition) is 1. The first-order valence-electron chi connectivity index (χ1n) is 5.83. The Bertz CT molecular complexity index is 812. The highest BCUT2D eigenvalue weighted by Crippen LogP contribution is 2.27. The number of hydrogen-bond acceptors (Lipinski definition) is 4. The summed E-state index contributed by atoms with van der Waals surface area (Å²) >= 11 is 0. The van der Waals surface area contributed by atoms with Crippen molar-refractivity contribution in [3.05, 3.63) is 58.7 Å². The topological polar surface area (TPSA) is 63.3 Å². The first kappa shape index (κ1) is 14.1. The SMILES string of the molecule is Cc1c(-c2cccnc2)c(=O)oc2cc(O)ccc12.Cl. The van der Waals surface area contributed by atoms with Crippen LogP contribution in [0.2, 0.25) is 0 Å². The molecule has 0 radical (unpaired) electrons. The smallest absolute Gasteiger partial charge is 0.344 e. The molecule has 0 bridgehead atoms. The van der Waals surface area contributed by atoms with Crippen LogP contribution in [-0.4, -0.2) is 10.1 Å². The van der Waals surface area contributed by atoms with E-state index in [1.807, 2.05) is 13.0 Å². The van der Waals surface area contributed by atoms with Gasteiger partial charge in [0.05, 0.1) is 5.56 Å². The molecule has 4 nitrogen and oxygen atoms in total. The maximum absolute atomic E-state index is 12.1. The minimum atomic E-state index is -0.427. The van der Waals surface area contributed by atoms with Gasteiger partial charge in [-0.3, -0.25) is 4.98 Å². The molecule has 1 N–H and O–H groups in total. The van der Waals surface area contributed by atoms with Crippen LogP contribution in [0.3, 0.4) is 0 Å². The minimum Gasteiger partial charge on any atom is -0.508 e. The molecule has 0 aliphatic rings. The van der Waals surface area contributed by atoms with Crippen molar-refractivity contribution in [2.45, 2.75) is 6.92 Å². The number of halogens is 1. The van der Waals surface area contributed by atoms with E-state index in [0.717, 1.165) is 16.5 Å². The zero-order valence-corrected chi connectivity index (χ0v) is 11.5. The lowest BCUT2D eigenvalue weighted by molar-refractivity contribution is 0.473. The van der Waals surface area contributed by atoms with Crippen molar-refractivity contribution in [3.8, 4) is 16.9 Å². The van der Waals surface area contributed by atoms with Crippen LogP contribution >= 0.6 is 12.4 Å². The third kappa shape index (κ3) is 2.26. The molecule has 0 spiro atoms. The van der Waals surface area contributed by atoms with Crippen molar-refractivity contribution in [2.75, 3.05) is 0 Å². The molecule has 0 saturated heterocycles. The Morgan fingerprint density at radius 3 is 2.75 bits per heavy atom. The van der Waals surface area contributed by atoms with E-state index in [1.165, 1.54) is 6.07 Å². The Hall–Kier alpha value is -2.33. The molecule has 2 heterocycles. The number of fused-ring (bicyclic) bond motifs is 1. The molecule has 5 heteroatoms. The number of aromatic hydroxyl groups is 1. The van der Waals surface area contributed by atoms with Crippen molar-refractivity contribution in [2.24, 2.45) is 0 Å². The number of aryl methyl sites for hydroxylation is 1. The summed E-state index contributed by atoms with van der Waals surface area (Å²) in [4.78, 5) is 16.1. The lowest BCUT2D eigenvalue weighted by atomic mass is 10.0. The van der Waals surface area contributed by atoms with Gasteiger partial charge in [-0.2, -0.15) is 0 Å². The third-order valence-corrected chi connectivity index (χ3v) is 3.10. The van der Waals surface area contributed by atoms with E-state index < -0.39 is 5.63 Å². The summed E-state index contributed by atoms with van der Waals surface area (Å²) in [6.07, 6.45) is 3.28. The van der Waals surface area contributed by atoms with Gasteiger partial charge in [-0.1, -0.05) is 6.07 Å². The van der Waals surface area contributed by atoms with Crippen LogP contribution in [0.15, 0.2) is 51.9 Å². The largest absolute Gasteiger partial charge is 0.508 e. The Balaban J connectivity index is 0.00000147. The average molecular weight is 290 g/mol. The quantitative estimate of drug-likeness (QED) is 0.698. The molecule has 0 aliphatic heterocycles. The predicted molar refractivity (Wildman–Crippen MR) is 79.4 cm³/mol. The highest BCUT2D eigenvalue weighted by atomic mass is 35.5. The molecule has 1 aromatic carbocycles. The zero-order chi connectivity index (χ0) is 13.4. The van der Waals surface area contributed by atoms with Crippen LogP contribution in [0.25, 0.3) is 22.1 Å². The second-order valence-corrected chi connectivity index (χ2v) is 4.31. The van der Waals surface area contributed by atoms with Gasteiger partial charge in [0.1, 0.15) is 11.3 Å². The first-order valence-corrected chi connectivity index (χ1v) is 5.83. The Kier molecular flexibility index (Phi) is 3.77. The molecular formula is C15H12ClNO3. The minimum absolute atomic E-state index is 0. The Morgan fingerprint density at radius 1 is 1.25 bits per heavy atom. The summed E-state index contributed by atoms with van der Waals surface area (Å²) in [7, 11) is 0. The number of aromatic nitrogens is 1. The van der Waals surface area contributed by atoms with E-state index in [2.05, 4.69) is 4.98 Å². The van der Waals surface area contributed by atoms with E-state index in [-0.39, 0.29) is 18.2 Å². The number of rotatable bonds is 1. The Morgan fingerprint density at radius 2 is 2.05 bits per heavy atom. The summed E-state index contributed by atoms with van der Waals surface area (Å²) in [5.41, 5.74) is 2.01. The average Bonchev–Trinajstić information content (AvgIpc) is 2.39. The standard InChI is InChI=1S/C15H11NO3.ClH/c1-9-12-5-4-11(17)7-13(12)19-15(18)14(9)10-3-2-6-16-8-10;/h2-8,17H,1H3;1H. The summed E-state index contributed by atoms with van der Waals surface area (Å²) in [6, 6.07) is 8.34. The van der Waals surface area contributed by atoms with Gasteiger partial charge in [-0.15, -0.1) is 12.4 Å². The lowest BCUT2D eigenvalue weighted by Gasteiger charge is -2.07. The van der Waals surface area contributed by atoms with Gasteiger partial charge in [0, 0.05) is 29.4 Å². The molecule has 0 unspecified atom stereocenters. The predicted octanol–water partition coefficient (Wildman–Crippen LogP) is 3.29. The van der Waals surface area contributed by atoms with Crippen molar-refractivity contribution in [1.29, 1.82) is 0 Å². The van der Waals surface area contributed by atoms with Gasteiger partial charge >= 0.3 is 5.63 Å². The highest BCUT2D eigenvalue weighted by molar-refractivity contribution is 5.87. The van der Waals surface area contributed by atoms with Crippen molar-refractivity contribution in [1.82, 2.24) is 4.98 Å². The maximum Gasteiger partial charge on any atom is 0.344 e. The van der Waals surface area contributed by atoms with Crippen molar-refractivity contribution >= 4 is 23.4 Å². The lowest BCUT2D eigenvalue weighted by Crippen LogP contribution is -2.06. The number of benzene rings is 1. The number of phenolic OH excluding ortho intramolecular Hbond substituents is 1. The van der Waals surface area contributed by atoms with Crippen LogP contribution < -0.4 is 5.63 Å². The van der Waals surface area contributed by atoms with Gasteiger partial charge < -0.3 is 9.52 Å². The van der Waals surface area contributed by atoms with Crippen molar-refractivity contribution < 1.29 is 9.52 Å².